The lowest BCUT2D eigenvalue weighted by Gasteiger charge is -2.08. The molecule has 0 unspecified atom stereocenters. The number of nitrogen functional groups attached to an aromatic ring is 1. The van der Waals surface area contributed by atoms with Gasteiger partial charge in [-0.25, -0.2) is 0 Å². The minimum Gasteiger partial charge on any atom is -0.398 e. The molecule has 0 saturated heterocycles. The summed E-state index contributed by atoms with van der Waals surface area (Å²) in [5, 5.41) is 2.88. The molecule has 1 aromatic carbocycles. The maximum absolute atomic E-state index is 11.7. The molecule has 1 amide bonds. The van der Waals surface area contributed by atoms with Crippen LogP contribution in [0.4, 0.5) is 5.69 Å². The summed E-state index contributed by atoms with van der Waals surface area (Å²) < 4.78 is 0. The second-order valence-corrected chi connectivity index (χ2v) is 4.38. The zero-order valence-corrected chi connectivity index (χ0v) is 11.2. The van der Waals surface area contributed by atoms with Crippen LogP contribution in [0.25, 0.3) is 0 Å². The van der Waals surface area contributed by atoms with Crippen molar-refractivity contribution in [1.29, 1.82) is 0 Å². The van der Waals surface area contributed by atoms with E-state index in [9.17, 15) is 4.79 Å². The quantitative estimate of drug-likeness (QED) is 0.629. The van der Waals surface area contributed by atoms with Gasteiger partial charge in [0.05, 0.1) is 5.56 Å². The summed E-state index contributed by atoms with van der Waals surface area (Å²) in [4.78, 5) is 11.7. The number of nitrogens with one attached hydrogen (secondary N) is 1. The molecule has 0 radical (unpaired) electrons. The molecule has 0 aliphatic carbocycles. The van der Waals surface area contributed by atoms with Crippen LogP contribution in [-0.2, 0) is 0 Å². The van der Waals surface area contributed by atoms with E-state index in [1.54, 1.807) is 12.1 Å². The van der Waals surface area contributed by atoms with Crippen molar-refractivity contribution in [1.82, 2.24) is 5.32 Å². The van der Waals surface area contributed by atoms with Crippen LogP contribution in [0.15, 0.2) is 24.3 Å². The average molecular weight is 257 g/mol. The summed E-state index contributed by atoms with van der Waals surface area (Å²) in [5.41, 5.74) is 6.81. The highest BCUT2D eigenvalue weighted by molar-refractivity contribution is 5.98. The molecule has 0 aromatic heterocycles. The highest BCUT2D eigenvalue weighted by Crippen LogP contribution is 2.10. The SMILES string of the molecule is CC(C)CCCNC(=O)c1ccccc1N.Cl. The van der Waals surface area contributed by atoms with E-state index in [1.165, 1.54) is 0 Å². The third-order valence-electron chi connectivity index (χ3n) is 2.45. The van der Waals surface area contributed by atoms with Gasteiger partial charge in [-0.15, -0.1) is 12.4 Å². The van der Waals surface area contributed by atoms with Gasteiger partial charge in [0.15, 0.2) is 0 Å². The van der Waals surface area contributed by atoms with Crippen molar-refractivity contribution in [3.05, 3.63) is 29.8 Å². The minimum absolute atomic E-state index is 0. The van der Waals surface area contributed by atoms with Crippen LogP contribution in [-0.4, -0.2) is 12.5 Å². The zero-order chi connectivity index (χ0) is 12.0. The Morgan fingerprint density at radius 3 is 2.59 bits per heavy atom. The van der Waals surface area contributed by atoms with Gasteiger partial charge in [0, 0.05) is 12.2 Å². The van der Waals surface area contributed by atoms with Crippen molar-refractivity contribution in [3.63, 3.8) is 0 Å². The number of benzene rings is 1. The number of hydrogen-bond donors (Lipinski definition) is 2. The first kappa shape index (κ1) is 15.8. The standard InChI is InChI=1S/C13H20N2O.ClH/c1-10(2)6-5-9-15-13(16)11-7-3-4-8-12(11)14;/h3-4,7-8,10H,5-6,9,14H2,1-2H3,(H,15,16);1H. The van der Waals surface area contributed by atoms with E-state index < -0.39 is 0 Å². The lowest BCUT2D eigenvalue weighted by Crippen LogP contribution is -2.25. The van der Waals surface area contributed by atoms with Crippen LogP contribution in [0.3, 0.4) is 0 Å². The molecule has 4 heteroatoms. The third-order valence-corrected chi connectivity index (χ3v) is 2.45. The highest BCUT2D eigenvalue weighted by atomic mass is 35.5. The Morgan fingerprint density at radius 2 is 2.00 bits per heavy atom. The fraction of sp³-hybridized carbons (Fsp3) is 0.462. The molecule has 0 spiro atoms. The molecule has 3 N–H and O–H groups in total. The van der Waals surface area contributed by atoms with Crippen molar-refractivity contribution in [2.75, 3.05) is 12.3 Å². The Bertz CT molecular complexity index is 353. The first-order chi connectivity index (χ1) is 7.61. The molecule has 0 fully saturated rings. The Balaban J connectivity index is 0.00000256. The minimum atomic E-state index is -0.0816. The van der Waals surface area contributed by atoms with Gasteiger partial charge < -0.3 is 11.1 Å². The summed E-state index contributed by atoms with van der Waals surface area (Å²) >= 11 is 0. The summed E-state index contributed by atoms with van der Waals surface area (Å²) in [6, 6.07) is 7.13. The van der Waals surface area contributed by atoms with Crippen LogP contribution < -0.4 is 11.1 Å². The Hall–Kier alpha value is -1.22. The molecule has 96 valence electrons. The molecule has 3 nitrogen and oxygen atoms in total. The first-order valence-corrected chi connectivity index (χ1v) is 5.74. The Labute approximate surface area is 109 Å². The molecule has 0 atom stereocenters. The van der Waals surface area contributed by atoms with E-state index in [0.29, 0.717) is 23.7 Å². The molecule has 0 heterocycles. The van der Waals surface area contributed by atoms with Crippen molar-refractivity contribution in [2.24, 2.45) is 5.92 Å². The summed E-state index contributed by atoms with van der Waals surface area (Å²) in [7, 11) is 0. The number of carbonyl (C=O) groups excluding carboxylic acids is 1. The molecular formula is C13H21ClN2O. The normalized spacial score (nSPS) is 9.82. The molecular weight excluding hydrogens is 236 g/mol. The Morgan fingerprint density at radius 1 is 1.35 bits per heavy atom. The largest absolute Gasteiger partial charge is 0.398 e. The number of amides is 1. The van der Waals surface area contributed by atoms with Crippen LogP contribution in [0.2, 0.25) is 0 Å². The van der Waals surface area contributed by atoms with Crippen molar-refractivity contribution >= 4 is 24.0 Å². The van der Waals surface area contributed by atoms with Crippen LogP contribution in [0.5, 0.6) is 0 Å². The number of rotatable bonds is 5. The average Bonchev–Trinajstić information content (AvgIpc) is 2.24. The second-order valence-electron chi connectivity index (χ2n) is 4.38. The summed E-state index contributed by atoms with van der Waals surface area (Å²) in [6.45, 7) is 5.07. The van der Waals surface area contributed by atoms with Crippen molar-refractivity contribution < 1.29 is 4.79 Å². The maximum atomic E-state index is 11.7. The molecule has 17 heavy (non-hydrogen) atoms. The van der Waals surface area contributed by atoms with E-state index in [0.717, 1.165) is 12.8 Å². The zero-order valence-electron chi connectivity index (χ0n) is 10.4. The van der Waals surface area contributed by atoms with Gasteiger partial charge in [-0.05, 0) is 30.9 Å². The van der Waals surface area contributed by atoms with Crippen LogP contribution in [0.1, 0.15) is 37.0 Å². The van der Waals surface area contributed by atoms with Crippen molar-refractivity contribution in [3.8, 4) is 0 Å². The number of para-hydroxylation sites is 1. The Kier molecular flexibility index (Phi) is 7.39. The molecule has 0 aliphatic rings. The number of nitrogens with two attached hydrogens (primary N) is 1. The second kappa shape index (κ2) is 7.96. The predicted octanol–water partition coefficient (Wildman–Crippen LogP) is 2.86. The van der Waals surface area contributed by atoms with Gasteiger partial charge in [0.2, 0.25) is 0 Å². The van der Waals surface area contributed by atoms with E-state index in [1.807, 2.05) is 12.1 Å². The van der Waals surface area contributed by atoms with Gasteiger partial charge in [-0.1, -0.05) is 26.0 Å². The van der Waals surface area contributed by atoms with Crippen LogP contribution in [0, 0.1) is 5.92 Å². The summed E-state index contributed by atoms with van der Waals surface area (Å²) in [5.74, 6) is 0.598. The monoisotopic (exact) mass is 256 g/mol. The fourth-order valence-electron chi connectivity index (χ4n) is 1.51. The van der Waals surface area contributed by atoms with Crippen molar-refractivity contribution in [2.45, 2.75) is 26.7 Å². The van der Waals surface area contributed by atoms with E-state index in [2.05, 4.69) is 19.2 Å². The van der Waals surface area contributed by atoms with Gasteiger partial charge in [0.25, 0.3) is 5.91 Å². The topological polar surface area (TPSA) is 55.1 Å². The molecule has 1 rings (SSSR count). The summed E-state index contributed by atoms with van der Waals surface area (Å²) in [6.07, 6.45) is 2.14. The molecule has 0 aliphatic heterocycles. The molecule has 0 saturated carbocycles. The van der Waals surface area contributed by atoms with E-state index in [4.69, 9.17) is 5.73 Å². The maximum Gasteiger partial charge on any atom is 0.253 e. The number of carbonyl (C=O) groups is 1. The lowest BCUT2D eigenvalue weighted by atomic mass is 10.1. The van der Waals surface area contributed by atoms with Gasteiger partial charge in [0.1, 0.15) is 0 Å². The number of hydrogen-bond acceptors (Lipinski definition) is 2. The number of anilines is 1. The van der Waals surface area contributed by atoms with Gasteiger partial charge >= 0.3 is 0 Å². The van der Waals surface area contributed by atoms with Gasteiger partial charge in [-0.3, -0.25) is 4.79 Å². The smallest absolute Gasteiger partial charge is 0.253 e. The molecule has 0 bridgehead atoms. The molecule has 1 aromatic rings. The number of halogens is 1. The fourth-order valence-corrected chi connectivity index (χ4v) is 1.51. The lowest BCUT2D eigenvalue weighted by molar-refractivity contribution is 0.0953. The van der Waals surface area contributed by atoms with E-state index >= 15 is 0 Å². The predicted molar refractivity (Wildman–Crippen MR) is 74.5 cm³/mol. The third kappa shape index (κ3) is 5.59. The highest BCUT2D eigenvalue weighted by Gasteiger charge is 2.07. The van der Waals surface area contributed by atoms with Crippen LogP contribution >= 0.6 is 12.4 Å². The van der Waals surface area contributed by atoms with E-state index in [-0.39, 0.29) is 18.3 Å². The van der Waals surface area contributed by atoms with Gasteiger partial charge in [-0.2, -0.15) is 0 Å². The first-order valence-electron chi connectivity index (χ1n) is 5.74.